The molecule has 1 N–H and O–H groups in total. The second-order valence-electron chi connectivity index (χ2n) is 10.2. The first kappa shape index (κ1) is 24.2. The number of fused-ring (bicyclic) bond motifs is 6. The molecule has 194 valence electrons. The van der Waals surface area contributed by atoms with Crippen LogP contribution in [0.4, 0.5) is 0 Å². The number of carboxylic acid groups (broad SMARTS) is 1. The van der Waals surface area contributed by atoms with E-state index >= 15 is 0 Å². The van der Waals surface area contributed by atoms with Crippen molar-refractivity contribution < 1.29 is 19.4 Å². The molecule has 4 heterocycles. The molecule has 9 bridgehead atoms. The molecule has 3 aliphatic heterocycles. The first-order chi connectivity index (χ1) is 18.5. The fraction of sp³-hybridized carbons (Fsp3) is 0.333. The molecule has 0 fully saturated rings. The summed E-state index contributed by atoms with van der Waals surface area (Å²) >= 11 is 0. The number of benzene rings is 3. The van der Waals surface area contributed by atoms with Crippen LogP contribution in [0, 0.1) is 0 Å². The Morgan fingerprint density at radius 3 is 2.74 bits per heavy atom. The lowest BCUT2D eigenvalue weighted by Crippen LogP contribution is -2.36. The van der Waals surface area contributed by atoms with Gasteiger partial charge in [-0.05, 0) is 78.3 Å². The molecule has 0 unspecified atom stereocenters. The van der Waals surface area contributed by atoms with Crippen molar-refractivity contribution in [1.82, 2.24) is 19.9 Å². The summed E-state index contributed by atoms with van der Waals surface area (Å²) in [4.78, 5) is 27.2. The lowest BCUT2D eigenvalue weighted by Gasteiger charge is -2.30. The van der Waals surface area contributed by atoms with Crippen molar-refractivity contribution in [1.29, 1.82) is 0 Å². The van der Waals surface area contributed by atoms with Crippen LogP contribution in [0.15, 0.2) is 60.7 Å². The maximum Gasteiger partial charge on any atom is 0.304 e. The third kappa shape index (κ3) is 4.86. The minimum atomic E-state index is -0.860. The van der Waals surface area contributed by atoms with Gasteiger partial charge in [0.25, 0.3) is 5.91 Å². The van der Waals surface area contributed by atoms with Gasteiger partial charge in [-0.2, -0.15) is 0 Å². The smallest absolute Gasteiger partial charge is 0.304 e. The van der Waals surface area contributed by atoms with Crippen molar-refractivity contribution in [2.75, 3.05) is 13.2 Å². The van der Waals surface area contributed by atoms with E-state index in [4.69, 9.17) is 4.74 Å². The van der Waals surface area contributed by atoms with Crippen LogP contribution in [0.5, 0.6) is 5.75 Å². The molecular weight excluding hydrogens is 480 g/mol. The van der Waals surface area contributed by atoms with E-state index < -0.39 is 5.97 Å². The fourth-order valence-corrected chi connectivity index (χ4v) is 5.57. The number of hydrogen-bond donors (Lipinski definition) is 1. The number of rotatable bonds is 2. The monoisotopic (exact) mass is 510 g/mol. The van der Waals surface area contributed by atoms with Gasteiger partial charge >= 0.3 is 5.97 Å². The average Bonchev–Trinajstić information content (AvgIpc) is 3.34. The average molecular weight is 511 g/mol. The molecule has 3 aromatic carbocycles. The third-order valence-corrected chi connectivity index (χ3v) is 7.62. The van der Waals surface area contributed by atoms with Crippen LogP contribution < -0.4 is 4.74 Å². The molecule has 0 radical (unpaired) electrons. The highest BCUT2D eigenvalue weighted by molar-refractivity contribution is 5.94. The highest BCUT2D eigenvalue weighted by atomic mass is 16.5. The molecule has 4 aromatic rings. The molecule has 1 atom stereocenters. The number of aliphatic carboxylic acids is 1. The highest BCUT2D eigenvalue weighted by Crippen LogP contribution is 2.33. The molecule has 3 aliphatic rings. The van der Waals surface area contributed by atoms with E-state index in [-0.39, 0.29) is 18.2 Å². The topological polar surface area (TPSA) is 97.6 Å². The van der Waals surface area contributed by atoms with Crippen molar-refractivity contribution >= 4 is 22.9 Å². The largest absolute Gasteiger partial charge is 0.494 e. The van der Waals surface area contributed by atoms with Gasteiger partial charge < -0.3 is 14.7 Å². The van der Waals surface area contributed by atoms with Crippen LogP contribution >= 0.6 is 0 Å². The molecule has 8 heteroatoms. The molecule has 0 spiro atoms. The number of ether oxygens (including phenoxy) is 1. The number of aromatic nitrogens is 3. The Labute approximate surface area is 220 Å². The van der Waals surface area contributed by atoms with Crippen LogP contribution in [-0.2, 0) is 24.3 Å². The summed E-state index contributed by atoms with van der Waals surface area (Å²) in [6.45, 7) is 2.46. The normalized spacial score (nSPS) is 17.9. The van der Waals surface area contributed by atoms with Crippen molar-refractivity contribution in [2.45, 2.75) is 51.1 Å². The zero-order valence-electron chi connectivity index (χ0n) is 21.2. The number of carboxylic acids is 1. The van der Waals surface area contributed by atoms with E-state index in [9.17, 15) is 14.7 Å². The van der Waals surface area contributed by atoms with Gasteiger partial charge in [0, 0.05) is 31.1 Å². The van der Waals surface area contributed by atoms with Gasteiger partial charge in [-0.1, -0.05) is 35.5 Å². The third-order valence-electron chi connectivity index (χ3n) is 7.62. The van der Waals surface area contributed by atoms with Gasteiger partial charge in [-0.15, -0.1) is 5.10 Å². The predicted octanol–water partition coefficient (Wildman–Crippen LogP) is 4.80. The van der Waals surface area contributed by atoms with E-state index in [0.717, 1.165) is 60.0 Å². The van der Waals surface area contributed by atoms with Crippen LogP contribution in [0.1, 0.15) is 64.2 Å². The maximum atomic E-state index is 13.4. The second kappa shape index (κ2) is 10.3. The number of carbonyl (C=O) groups excluding carboxylic acids is 1. The standard InChI is InChI=1S/C30H30N4O4/c35-29(36)18-26-21-8-7-20-11-13-33(19-24(20)15-21)30(37)23-5-4-6-25(16-23)38-14-3-1-2-12-34-28-10-9-22(26)17-27(28)31-32-34/h4-10,15-17,26H,1-3,11-14,18-19H2,(H,35,36)/t26-/m0/s1. The van der Waals surface area contributed by atoms with E-state index in [0.29, 0.717) is 31.0 Å². The van der Waals surface area contributed by atoms with Gasteiger partial charge in [0.1, 0.15) is 11.3 Å². The second-order valence-corrected chi connectivity index (χ2v) is 10.2. The number of carbonyl (C=O) groups is 2. The quantitative estimate of drug-likeness (QED) is 0.416. The molecule has 1 amide bonds. The van der Waals surface area contributed by atoms with Gasteiger partial charge in [-0.25, -0.2) is 4.68 Å². The number of amides is 1. The van der Waals surface area contributed by atoms with Crippen molar-refractivity contribution in [3.8, 4) is 5.75 Å². The molecule has 7 rings (SSSR count). The van der Waals surface area contributed by atoms with E-state index in [2.05, 4.69) is 22.4 Å². The minimum Gasteiger partial charge on any atom is -0.494 e. The Kier molecular flexibility index (Phi) is 6.54. The Morgan fingerprint density at radius 1 is 0.974 bits per heavy atom. The van der Waals surface area contributed by atoms with Crippen molar-refractivity contribution in [3.05, 3.63) is 88.5 Å². The SMILES string of the molecule is O=C(O)C[C@H]1c2ccc3c(c2)CN(CC3)C(=O)c2cccc(c2)OCCCCCn2nnc3cc1ccc32. The lowest BCUT2D eigenvalue weighted by molar-refractivity contribution is -0.137. The number of aryl methyl sites for hydroxylation is 1. The summed E-state index contributed by atoms with van der Waals surface area (Å²) in [5.41, 5.74) is 6.40. The zero-order chi connectivity index (χ0) is 26.1. The molecular formula is C30H30N4O4. The first-order valence-electron chi connectivity index (χ1n) is 13.2. The lowest BCUT2D eigenvalue weighted by atomic mass is 9.85. The number of nitrogens with zero attached hydrogens (tertiary/aromatic N) is 4. The van der Waals surface area contributed by atoms with Crippen LogP contribution in [0.3, 0.4) is 0 Å². The fourth-order valence-electron chi connectivity index (χ4n) is 5.57. The Bertz CT molecular complexity index is 1510. The first-order valence-corrected chi connectivity index (χ1v) is 13.2. The summed E-state index contributed by atoms with van der Waals surface area (Å²) in [5.74, 6) is -0.509. The molecule has 0 aliphatic carbocycles. The molecule has 38 heavy (non-hydrogen) atoms. The Morgan fingerprint density at radius 2 is 1.84 bits per heavy atom. The van der Waals surface area contributed by atoms with Crippen molar-refractivity contribution in [3.63, 3.8) is 0 Å². The van der Waals surface area contributed by atoms with E-state index in [1.807, 2.05) is 58.1 Å². The van der Waals surface area contributed by atoms with Crippen LogP contribution in [0.25, 0.3) is 11.0 Å². The summed E-state index contributed by atoms with van der Waals surface area (Å²) in [7, 11) is 0. The van der Waals surface area contributed by atoms with Crippen LogP contribution in [-0.4, -0.2) is 50.0 Å². The minimum absolute atomic E-state index is 0.0210. The van der Waals surface area contributed by atoms with Gasteiger partial charge in [0.2, 0.25) is 0 Å². The summed E-state index contributed by atoms with van der Waals surface area (Å²) in [6, 6.07) is 19.6. The van der Waals surface area contributed by atoms with Crippen LogP contribution in [0.2, 0.25) is 0 Å². The van der Waals surface area contributed by atoms with Crippen molar-refractivity contribution in [2.24, 2.45) is 0 Å². The zero-order valence-corrected chi connectivity index (χ0v) is 21.2. The molecule has 1 aromatic heterocycles. The van der Waals surface area contributed by atoms with E-state index in [1.54, 1.807) is 0 Å². The number of hydrogen-bond acceptors (Lipinski definition) is 5. The molecule has 0 saturated carbocycles. The van der Waals surface area contributed by atoms with E-state index in [1.165, 1.54) is 5.56 Å². The predicted molar refractivity (Wildman–Crippen MR) is 142 cm³/mol. The summed E-state index contributed by atoms with van der Waals surface area (Å²) in [5, 5.41) is 18.5. The summed E-state index contributed by atoms with van der Waals surface area (Å²) < 4.78 is 7.87. The van der Waals surface area contributed by atoms with Gasteiger partial charge in [0.15, 0.2) is 0 Å². The molecule has 0 saturated heterocycles. The Balaban J connectivity index is 1.40. The summed E-state index contributed by atoms with van der Waals surface area (Å²) in [6.07, 6.45) is 3.54. The van der Waals surface area contributed by atoms with Gasteiger partial charge in [-0.3, -0.25) is 9.59 Å². The molecule has 8 nitrogen and oxygen atoms in total. The maximum absolute atomic E-state index is 13.4. The highest BCUT2D eigenvalue weighted by Gasteiger charge is 2.25. The van der Waals surface area contributed by atoms with Gasteiger partial charge in [0.05, 0.1) is 18.5 Å². The Hall–Kier alpha value is -4.20.